The molecule has 0 aromatic heterocycles. The third-order valence-electron chi connectivity index (χ3n) is 2.43. The zero-order valence-corrected chi connectivity index (χ0v) is 9.93. The lowest BCUT2D eigenvalue weighted by atomic mass is 10.1. The van der Waals surface area contributed by atoms with Crippen LogP contribution in [0.15, 0.2) is 0 Å². The van der Waals surface area contributed by atoms with Gasteiger partial charge in [0, 0.05) is 13.2 Å². The number of ether oxygens (including phenoxy) is 1. The summed E-state index contributed by atoms with van der Waals surface area (Å²) in [6, 6.07) is 0. The molecule has 0 spiro atoms. The molecule has 0 saturated heterocycles. The number of hydrogen-bond acceptors (Lipinski definition) is 2. The number of unbranched alkanes of at least 4 members (excludes halogenated alkanes) is 3. The molecule has 0 saturated carbocycles. The zero-order chi connectivity index (χ0) is 10.6. The van der Waals surface area contributed by atoms with Gasteiger partial charge in [-0.05, 0) is 31.7 Å². The summed E-state index contributed by atoms with van der Waals surface area (Å²) in [4.78, 5) is 0. The molecular weight excluding hydrogens is 174 g/mol. The minimum atomic E-state index is 0.726. The topological polar surface area (TPSA) is 35.2 Å². The minimum Gasteiger partial charge on any atom is -0.381 e. The molecule has 1 unspecified atom stereocenters. The summed E-state index contributed by atoms with van der Waals surface area (Å²) in [6.07, 6.45) is 7.42. The lowest BCUT2D eigenvalue weighted by molar-refractivity contribution is 0.0983. The van der Waals surface area contributed by atoms with Crippen LogP contribution in [0.5, 0.6) is 0 Å². The molecule has 0 radical (unpaired) electrons. The first-order valence-electron chi connectivity index (χ1n) is 6.09. The van der Waals surface area contributed by atoms with E-state index in [4.69, 9.17) is 10.5 Å². The van der Waals surface area contributed by atoms with Crippen LogP contribution in [0.2, 0.25) is 0 Å². The summed E-state index contributed by atoms with van der Waals surface area (Å²) < 4.78 is 5.60. The van der Waals surface area contributed by atoms with Crippen LogP contribution in [0.4, 0.5) is 0 Å². The molecule has 0 aliphatic heterocycles. The Kier molecular flexibility index (Phi) is 10.9. The summed E-state index contributed by atoms with van der Waals surface area (Å²) >= 11 is 0. The van der Waals surface area contributed by atoms with E-state index >= 15 is 0 Å². The number of hydrogen-bond donors (Lipinski definition) is 1. The standard InChI is InChI=1S/C12H27NO/c1-3-8-12(2)11-14-10-7-5-4-6-9-13/h12H,3-11,13H2,1-2H3. The van der Waals surface area contributed by atoms with E-state index < -0.39 is 0 Å². The Labute approximate surface area is 89.2 Å². The second-order valence-electron chi connectivity index (χ2n) is 4.17. The first-order chi connectivity index (χ1) is 6.81. The normalized spacial score (nSPS) is 13.1. The molecule has 0 rings (SSSR count). The molecule has 2 heteroatoms. The van der Waals surface area contributed by atoms with Gasteiger partial charge in [-0.2, -0.15) is 0 Å². The van der Waals surface area contributed by atoms with Crippen LogP contribution in [0.25, 0.3) is 0 Å². The Morgan fingerprint density at radius 1 is 1.14 bits per heavy atom. The van der Waals surface area contributed by atoms with Gasteiger partial charge in [-0.1, -0.05) is 33.1 Å². The molecule has 0 aromatic rings. The van der Waals surface area contributed by atoms with E-state index in [1.807, 2.05) is 0 Å². The predicted molar refractivity (Wildman–Crippen MR) is 62.4 cm³/mol. The summed E-state index contributed by atoms with van der Waals surface area (Å²) in [5, 5.41) is 0. The van der Waals surface area contributed by atoms with Gasteiger partial charge in [-0.3, -0.25) is 0 Å². The van der Waals surface area contributed by atoms with Crippen molar-refractivity contribution in [3.8, 4) is 0 Å². The SMILES string of the molecule is CCCC(C)COCCCCCCN. The Bertz CT molecular complexity index is 106. The van der Waals surface area contributed by atoms with Crippen LogP contribution in [0.1, 0.15) is 52.4 Å². The largest absolute Gasteiger partial charge is 0.381 e. The van der Waals surface area contributed by atoms with E-state index in [-0.39, 0.29) is 0 Å². The average molecular weight is 201 g/mol. The molecule has 86 valence electrons. The first kappa shape index (κ1) is 13.9. The molecule has 0 aliphatic rings. The van der Waals surface area contributed by atoms with Crippen LogP contribution < -0.4 is 5.73 Å². The van der Waals surface area contributed by atoms with Gasteiger partial charge in [-0.15, -0.1) is 0 Å². The van der Waals surface area contributed by atoms with Gasteiger partial charge < -0.3 is 10.5 Å². The molecule has 0 fully saturated rings. The number of nitrogens with two attached hydrogens (primary N) is 1. The van der Waals surface area contributed by atoms with Gasteiger partial charge in [0.15, 0.2) is 0 Å². The second kappa shape index (κ2) is 11.0. The predicted octanol–water partition coefficient (Wildman–Crippen LogP) is 2.96. The minimum absolute atomic E-state index is 0.726. The van der Waals surface area contributed by atoms with Crippen LogP contribution in [0.3, 0.4) is 0 Å². The molecule has 14 heavy (non-hydrogen) atoms. The van der Waals surface area contributed by atoms with E-state index in [1.165, 1.54) is 32.1 Å². The van der Waals surface area contributed by atoms with Gasteiger partial charge >= 0.3 is 0 Å². The Hall–Kier alpha value is -0.0800. The highest BCUT2D eigenvalue weighted by molar-refractivity contribution is 4.49. The molecule has 0 heterocycles. The lowest BCUT2D eigenvalue weighted by Gasteiger charge is -2.10. The highest BCUT2D eigenvalue weighted by atomic mass is 16.5. The van der Waals surface area contributed by atoms with Crippen LogP contribution in [-0.4, -0.2) is 19.8 Å². The van der Waals surface area contributed by atoms with E-state index in [0.29, 0.717) is 0 Å². The Balaban J connectivity index is 2.98. The Morgan fingerprint density at radius 3 is 2.50 bits per heavy atom. The van der Waals surface area contributed by atoms with Crippen molar-refractivity contribution >= 4 is 0 Å². The first-order valence-corrected chi connectivity index (χ1v) is 6.09. The van der Waals surface area contributed by atoms with Gasteiger partial charge in [0.25, 0.3) is 0 Å². The molecule has 0 amide bonds. The van der Waals surface area contributed by atoms with E-state index in [9.17, 15) is 0 Å². The van der Waals surface area contributed by atoms with Crippen molar-refractivity contribution in [2.45, 2.75) is 52.4 Å². The van der Waals surface area contributed by atoms with Gasteiger partial charge in [0.2, 0.25) is 0 Å². The highest BCUT2D eigenvalue weighted by Gasteiger charge is 1.99. The monoisotopic (exact) mass is 201 g/mol. The quantitative estimate of drug-likeness (QED) is 0.552. The van der Waals surface area contributed by atoms with E-state index in [2.05, 4.69) is 13.8 Å². The smallest absolute Gasteiger partial charge is 0.0491 e. The molecule has 0 aliphatic carbocycles. The van der Waals surface area contributed by atoms with Crippen molar-refractivity contribution in [2.75, 3.05) is 19.8 Å². The van der Waals surface area contributed by atoms with Crippen molar-refractivity contribution in [1.82, 2.24) is 0 Å². The molecular formula is C12H27NO. The molecule has 0 bridgehead atoms. The molecule has 1 atom stereocenters. The third-order valence-corrected chi connectivity index (χ3v) is 2.43. The zero-order valence-electron chi connectivity index (χ0n) is 9.93. The fourth-order valence-corrected chi connectivity index (χ4v) is 1.56. The number of rotatable bonds is 10. The lowest BCUT2D eigenvalue weighted by Crippen LogP contribution is -2.06. The van der Waals surface area contributed by atoms with Crippen LogP contribution in [0, 0.1) is 5.92 Å². The summed E-state index contributed by atoms with van der Waals surface area (Å²) in [6.45, 7) is 7.18. The third kappa shape index (κ3) is 10.0. The summed E-state index contributed by atoms with van der Waals surface area (Å²) in [5.41, 5.74) is 5.41. The van der Waals surface area contributed by atoms with Crippen molar-refractivity contribution in [1.29, 1.82) is 0 Å². The summed E-state index contributed by atoms with van der Waals surface area (Å²) in [7, 11) is 0. The Morgan fingerprint density at radius 2 is 1.86 bits per heavy atom. The maximum Gasteiger partial charge on any atom is 0.0491 e. The van der Waals surface area contributed by atoms with Crippen molar-refractivity contribution in [3.63, 3.8) is 0 Å². The van der Waals surface area contributed by atoms with Gasteiger partial charge in [-0.25, -0.2) is 0 Å². The van der Waals surface area contributed by atoms with Gasteiger partial charge in [0.1, 0.15) is 0 Å². The van der Waals surface area contributed by atoms with Crippen molar-refractivity contribution in [2.24, 2.45) is 11.7 Å². The maximum absolute atomic E-state index is 5.60. The molecule has 2 N–H and O–H groups in total. The summed E-state index contributed by atoms with van der Waals surface area (Å²) in [5.74, 6) is 0.726. The fraction of sp³-hybridized carbons (Fsp3) is 1.00. The maximum atomic E-state index is 5.60. The van der Waals surface area contributed by atoms with Crippen LogP contribution >= 0.6 is 0 Å². The molecule has 0 aromatic carbocycles. The van der Waals surface area contributed by atoms with Crippen molar-refractivity contribution < 1.29 is 4.74 Å². The van der Waals surface area contributed by atoms with Crippen LogP contribution in [-0.2, 0) is 4.74 Å². The highest BCUT2D eigenvalue weighted by Crippen LogP contribution is 2.06. The van der Waals surface area contributed by atoms with Crippen molar-refractivity contribution in [3.05, 3.63) is 0 Å². The van der Waals surface area contributed by atoms with Gasteiger partial charge in [0.05, 0.1) is 0 Å². The molecule has 2 nitrogen and oxygen atoms in total. The van der Waals surface area contributed by atoms with E-state index in [0.717, 1.165) is 32.1 Å². The second-order valence-corrected chi connectivity index (χ2v) is 4.17. The fourth-order valence-electron chi connectivity index (χ4n) is 1.56. The average Bonchev–Trinajstić information content (AvgIpc) is 2.17. The van der Waals surface area contributed by atoms with E-state index in [1.54, 1.807) is 0 Å².